The number of rotatable bonds is 4. The molecule has 0 aliphatic carbocycles. The van der Waals surface area contributed by atoms with Crippen LogP contribution in [-0.2, 0) is 26.2 Å². The first-order valence-corrected chi connectivity index (χ1v) is 8.70. The second-order valence-corrected chi connectivity index (χ2v) is 6.80. The summed E-state index contributed by atoms with van der Waals surface area (Å²) in [5, 5.41) is 7.45. The van der Waals surface area contributed by atoms with E-state index in [1.165, 1.54) is 16.2 Å². The van der Waals surface area contributed by atoms with E-state index in [-0.39, 0.29) is 6.03 Å². The second-order valence-electron chi connectivity index (χ2n) is 6.80. The summed E-state index contributed by atoms with van der Waals surface area (Å²) in [5.74, 6) is 1.64. The number of urea groups is 1. The highest BCUT2D eigenvalue weighted by Crippen LogP contribution is 2.33. The van der Waals surface area contributed by atoms with E-state index in [0.717, 1.165) is 43.4 Å². The van der Waals surface area contributed by atoms with Crippen molar-refractivity contribution in [1.29, 1.82) is 0 Å². The first-order chi connectivity index (χ1) is 12.6. The number of hydrogen-bond acceptors (Lipinski definition) is 5. The number of hydrogen-bond donors (Lipinski definition) is 1. The van der Waals surface area contributed by atoms with Crippen molar-refractivity contribution in [2.45, 2.75) is 26.2 Å². The van der Waals surface area contributed by atoms with Gasteiger partial charge in [0.05, 0.1) is 24.5 Å². The lowest BCUT2D eigenvalue weighted by Gasteiger charge is -2.27. The van der Waals surface area contributed by atoms with Gasteiger partial charge in [-0.2, -0.15) is 5.10 Å². The molecule has 0 spiro atoms. The molecule has 8 heteroatoms. The van der Waals surface area contributed by atoms with Crippen LogP contribution in [0.3, 0.4) is 0 Å². The molecule has 3 heterocycles. The Balaban J connectivity index is 1.37. The summed E-state index contributed by atoms with van der Waals surface area (Å²) in [4.78, 5) is 15.6. The number of nitrogens with zero attached hydrogens (tertiary/aromatic N) is 4. The highest BCUT2D eigenvalue weighted by molar-refractivity contribution is 5.73. The number of carbonyl (C=O) groups excluding carboxylic acids is 1. The molecule has 2 aromatic rings. The fourth-order valence-electron chi connectivity index (χ4n) is 3.22. The summed E-state index contributed by atoms with van der Waals surface area (Å²) < 4.78 is 12.9. The van der Waals surface area contributed by atoms with E-state index in [4.69, 9.17) is 9.47 Å². The molecule has 138 valence electrons. The van der Waals surface area contributed by atoms with Gasteiger partial charge in [0.15, 0.2) is 11.5 Å². The van der Waals surface area contributed by atoms with Crippen LogP contribution in [0.4, 0.5) is 4.79 Å². The number of carbonyl (C=O) groups is 1. The van der Waals surface area contributed by atoms with Gasteiger partial charge in [0.2, 0.25) is 6.79 Å². The van der Waals surface area contributed by atoms with Crippen molar-refractivity contribution in [1.82, 2.24) is 24.9 Å². The summed E-state index contributed by atoms with van der Waals surface area (Å²) in [6.45, 7) is 4.22. The van der Waals surface area contributed by atoms with Crippen LogP contribution < -0.4 is 14.8 Å². The fourth-order valence-corrected chi connectivity index (χ4v) is 3.22. The number of nitrogens with one attached hydrogen (secondary N) is 1. The van der Waals surface area contributed by atoms with E-state index in [1.807, 2.05) is 10.7 Å². The third kappa shape index (κ3) is 3.45. The minimum atomic E-state index is -0.111. The molecule has 4 rings (SSSR count). The Bertz CT molecular complexity index is 817. The van der Waals surface area contributed by atoms with E-state index >= 15 is 0 Å². The molecule has 0 fully saturated rings. The van der Waals surface area contributed by atoms with Gasteiger partial charge in [-0.05, 0) is 23.8 Å². The molecule has 0 bridgehead atoms. The van der Waals surface area contributed by atoms with Crippen molar-refractivity contribution in [3.8, 4) is 11.5 Å². The van der Waals surface area contributed by atoms with Crippen molar-refractivity contribution < 1.29 is 14.3 Å². The van der Waals surface area contributed by atoms with Crippen LogP contribution in [-0.4, -0.2) is 53.0 Å². The normalized spacial score (nSPS) is 15.6. The maximum Gasteiger partial charge on any atom is 0.317 e. The molecular weight excluding hydrogens is 334 g/mol. The molecule has 1 aromatic carbocycles. The maximum absolute atomic E-state index is 11.6. The van der Waals surface area contributed by atoms with E-state index in [2.05, 4.69) is 33.5 Å². The molecule has 0 unspecified atom stereocenters. The Labute approximate surface area is 152 Å². The van der Waals surface area contributed by atoms with E-state index in [0.29, 0.717) is 13.3 Å². The number of ether oxygens (including phenoxy) is 2. The Hall–Kier alpha value is -2.74. The van der Waals surface area contributed by atoms with Gasteiger partial charge in [-0.15, -0.1) is 0 Å². The summed E-state index contributed by atoms with van der Waals surface area (Å²) in [7, 11) is 3.45. The Morgan fingerprint density at radius 1 is 1.23 bits per heavy atom. The van der Waals surface area contributed by atoms with Gasteiger partial charge in [0.1, 0.15) is 0 Å². The van der Waals surface area contributed by atoms with Gasteiger partial charge in [-0.25, -0.2) is 4.79 Å². The van der Waals surface area contributed by atoms with Crippen molar-refractivity contribution >= 4 is 6.03 Å². The highest BCUT2D eigenvalue weighted by atomic mass is 16.7. The monoisotopic (exact) mass is 357 g/mol. The molecule has 2 aliphatic rings. The third-order valence-corrected chi connectivity index (χ3v) is 4.60. The van der Waals surface area contributed by atoms with Crippen LogP contribution in [0, 0.1) is 0 Å². The molecular formula is C18H23N5O3. The summed E-state index contributed by atoms with van der Waals surface area (Å²) >= 11 is 0. The summed E-state index contributed by atoms with van der Waals surface area (Å²) in [6.07, 6.45) is 0. The molecule has 1 aromatic heterocycles. The van der Waals surface area contributed by atoms with Crippen molar-refractivity contribution in [2.75, 3.05) is 27.4 Å². The Kier molecular flexibility index (Phi) is 4.42. The quantitative estimate of drug-likeness (QED) is 0.896. The fraction of sp³-hybridized carbons (Fsp3) is 0.444. The first kappa shape index (κ1) is 16.7. The molecule has 2 aliphatic heterocycles. The van der Waals surface area contributed by atoms with Gasteiger partial charge in [-0.1, -0.05) is 6.07 Å². The molecule has 0 radical (unpaired) electrons. The number of fused-ring (bicyclic) bond motifs is 2. The summed E-state index contributed by atoms with van der Waals surface area (Å²) in [6, 6.07) is 8.07. The first-order valence-electron chi connectivity index (χ1n) is 8.70. The Morgan fingerprint density at radius 2 is 2.08 bits per heavy atom. The van der Waals surface area contributed by atoms with Crippen LogP contribution in [0.25, 0.3) is 0 Å². The standard InChI is InChI=1S/C18H23N5O3/c1-21(2)18(24)19-9-14-8-15-11-22(5-6-23(15)20-14)10-13-3-4-16-17(7-13)26-12-25-16/h3-4,7-8H,5-6,9-12H2,1-2H3,(H,19,24). The van der Waals surface area contributed by atoms with Gasteiger partial charge in [0, 0.05) is 33.7 Å². The van der Waals surface area contributed by atoms with E-state index < -0.39 is 0 Å². The van der Waals surface area contributed by atoms with Crippen LogP contribution in [0.1, 0.15) is 17.0 Å². The largest absolute Gasteiger partial charge is 0.454 e. The van der Waals surface area contributed by atoms with Crippen molar-refractivity contribution in [2.24, 2.45) is 0 Å². The lowest BCUT2D eigenvalue weighted by atomic mass is 10.1. The van der Waals surface area contributed by atoms with Gasteiger partial charge < -0.3 is 19.7 Å². The van der Waals surface area contributed by atoms with E-state index in [1.54, 1.807) is 14.1 Å². The molecule has 0 atom stereocenters. The molecule has 2 amide bonds. The van der Waals surface area contributed by atoms with Gasteiger partial charge in [-0.3, -0.25) is 9.58 Å². The molecule has 1 N–H and O–H groups in total. The SMILES string of the molecule is CN(C)C(=O)NCc1cc2n(n1)CCN(Cc1ccc3c(c1)OCO3)C2. The molecule has 0 saturated carbocycles. The van der Waals surface area contributed by atoms with Crippen LogP contribution >= 0.6 is 0 Å². The minimum Gasteiger partial charge on any atom is -0.454 e. The van der Waals surface area contributed by atoms with Crippen molar-refractivity contribution in [3.63, 3.8) is 0 Å². The molecule has 26 heavy (non-hydrogen) atoms. The zero-order valence-corrected chi connectivity index (χ0v) is 15.1. The zero-order valence-electron chi connectivity index (χ0n) is 15.1. The number of aromatic nitrogens is 2. The maximum atomic E-state index is 11.6. The van der Waals surface area contributed by atoms with Crippen LogP contribution in [0.15, 0.2) is 24.3 Å². The highest BCUT2D eigenvalue weighted by Gasteiger charge is 2.20. The topological polar surface area (TPSA) is 71.9 Å². The minimum absolute atomic E-state index is 0.111. The number of amides is 2. The molecule has 0 saturated heterocycles. The smallest absolute Gasteiger partial charge is 0.317 e. The van der Waals surface area contributed by atoms with E-state index in [9.17, 15) is 4.79 Å². The number of benzene rings is 1. The van der Waals surface area contributed by atoms with Crippen molar-refractivity contribution in [3.05, 3.63) is 41.2 Å². The molecule has 8 nitrogen and oxygen atoms in total. The predicted octanol–water partition coefficient (Wildman–Crippen LogP) is 1.40. The van der Waals surface area contributed by atoms with Crippen LogP contribution in [0.5, 0.6) is 11.5 Å². The average Bonchev–Trinajstić information content (AvgIpc) is 3.24. The van der Waals surface area contributed by atoms with Gasteiger partial charge in [0.25, 0.3) is 0 Å². The average molecular weight is 357 g/mol. The third-order valence-electron chi connectivity index (χ3n) is 4.60. The summed E-state index contributed by atoms with van der Waals surface area (Å²) in [5.41, 5.74) is 3.27. The zero-order chi connectivity index (χ0) is 18.1. The second kappa shape index (κ2) is 6.87. The van der Waals surface area contributed by atoms with Crippen LogP contribution in [0.2, 0.25) is 0 Å². The van der Waals surface area contributed by atoms with Gasteiger partial charge >= 0.3 is 6.03 Å². The Morgan fingerprint density at radius 3 is 2.92 bits per heavy atom. The lowest BCUT2D eigenvalue weighted by Crippen LogP contribution is -2.34. The predicted molar refractivity (Wildman–Crippen MR) is 94.8 cm³/mol. The lowest BCUT2D eigenvalue weighted by molar-refractivity contribution is 0.173.